The van der Waals surface area contributed by atoms with Crippen molar-refractivity contribution in [1.82, 2.24) is 10.3 Å². The number of methoxy groups -OCH3 is 1. The van der Waals surface area contributed by atoms with Gasteiger partial charge in [0.1, 0.15) is 0 Å². The van der Waals surface area contributed by atoms with Gasteiger partial charge in [0.15, 0.2) is 11.6 Å². The number of nitrogens with one attached hydrogen (secondary N) is 1. The zero-order valence-corrected chi connectivity index (χ0v) is 12.8. The van der Waals surface area contributed by atoms with Crippen molar-refractivity contribution in [3.05, 3.63) is 29.6 Å². The Kier molecular flexibility index (Phi) is 5.65. The number of thioether (sulfide) groups is 1. The molecular weight excluding hydrogens is 277 g/mol. The van der Waals surface area contributed by atoms with E-state index in [4.69, 9.17) is 10.6 Å². The van der Waals surface area contributed by atoms with Crippen LogP contribution in [0.2, 0.25) is 0 Å². The van der Waals surface area contributed by atoms with E-state index in [-0.39, 0.29) is 17.6 Å². The molecule has 0 amide bonds. The van der Waals surface area contributed by atoms with Crippen molar-refractivity contribution in [2.24, 2.45) is 5.84 Å². The summed E-state index contributed by atoms with van der Waals surface area (Å²) in [5.41, 5.74) is 3.49. The Bertz CT molecular complexity index is 446. The highest BCUT2D eigenvalue weighted by molar-refractivity contribution is 7.99. The lowest BCUT2D eigenvalue weighted by atomic mass is 9.99. The van der Waals surface area contributed by atoms with Gasteiger partial charge in [-0.1, -0.05) is 12.1 Å². The van der Waals surface area contributed by atoms with E-state index in [9.17, 15) is 4.39 Å². The molecule has 0 bridgehead atoms. The van der Waals surface area contributed by atoms with Gasteiger partial charge in [-0.15, -0.1) is 0 Å². The average Bonchev–Trinajstić information content (AvgIpc) is 2.47. The van der Waals surface area contributed by atoms with Crippen molar-refractivity contribution in [3.63, 3.8) is 0 Å². The van der Waals surface area contributed by atoms with Crippen LogP contribution in [0.15, 0.2) is 18.2 Å². The van der Waals surface area contributed by atoms with Crippen LogP contribution in [-0.4, -0.2) is 49.2 Å². The van der Waals surface area contributed by atoms with E-state index in [0.717, 1.165) is 18.1 Å². The molecule has 0 spiro atoms. The summed E-state index contributed by atoms with van der Waals surface area (Å²) < 4.78 is 19.2. The molecule has 0 saturated carbocycles. The molecule has 0 radical (unpaired) electrons. The number of rotatable bonds is 5. The lowest BCUT2D eigenvalue weighted by Crippen LogP contribution is -2.55. The molecule has 20 heavy (non-hydrogen) atoms. The summed E-state index contributed by atoms with van der Waals surface area (Å²) in [7, 11) is 3.57. The van der Waals surface area contributed by atoms with Crippen LogP contribution in [0.3, 0.4) is 0 Å². The fraction of sp³-hybridized carbons (Fsp3) is 0.571. The Balaban J connectivity index is 2.13. The molecule has 1 aliphatic heterocycles. The van der Waals surface area contributed by atoms with Gasteiger partial charge in [0.25, 0.3) is 0 Å². The first-order valence-corrected chi connectivity index (χ1v) is 7.88. The molecule has 2 atom stereocenters. The topological polar surface area (TPSA) is 50.5 Å². The highest BCUT2D eigenvalue weighted by Crippen LogP contribution is 2.24. The molecule has 112 valence electrons. The minimum Gasteiger partial charge on any atom is -0.494 e. The van der Waals surface area contributed by atoms with Crippen LogP contribution in [0.5, 0.6) is 5.75 Å². The first-order valence-electron chi connectivity index (χ1n) is 6.73. The minimum absolute atomic E-state index is 0.0226. The van der Waals surface area contributed by atoms with Crippen LogP contribution in [0.1, 0.15) is 5.56 Å². The van der Waals surface area contributed by atoms with Crippen molar-refractivity contribution in [1.29, 1.82) is 0 Å². The second-order valence-corrected chi connectivity index (χ2v) is 6.18. The second-order valence-electron chi connectivity index (χ2n) is 5.03. The van der Waals surface area contributed by atoms with Crippen LogP contribution in [0.25, 0.3) is 0 Å². The third kappa shape index (κ3) is 3.44. The van der Waals surface area contributed by atoms with E-state index >= 15 is 0 Å². The van der Waals surface area contributed by atoms with E-state index in [0.29, 0.717) is 18.0 Å². The summed E-state index contributed by atoms with van der Waals surface area (Å²) >= 11 is 1.92. The predicted octanol–water partition coefficient (Wildman–Crippen LogP) is 1.26. The predicted molar refractivity (Wildman–Crippen MR) is 81.5 cm³/mol. The third-order valence-corrected chi connectivity index (χ3v) is 4.87. The third-order valence-electron chi connectivity index (χ3n) is 3.82. The zero-order chi connectivity index (χ0) is 14.5. The maximum absolute atomic E-state index is 14.2. The second kappa shape index (κ2) is 7.26. The standard InChI is InChI=1S/C14H22FN3OS/c1-18-6-7-20-9-12(18)11(17-16)8-10-4-3-5-13(19-2)14(10)15/h3-5,11-12,17H,6-9,16H2,1-2H3. The normalized spacial score (nSPS) is 21.7. The van der Waals surface area contributed by atoms with E-state index in [1.807, 2.05) is 17.8 Å². The smallest absolute Gasteiger partial charge is 0.168 e. The molecule has 1 saturated heterocycles. The van der Waals surface area contributed by atoms with Gasteiger partial charge in [-0.25, -0.2) is 4.39 Å². The number of benzene rings is 1. The number of nitrogens with zero attached hydrogens (tertiary/aromatic N) is 1. The molecule has 3 N–H and O–H groups in total. The van der Waals surface area contributed by atoms with Crippen LogP contribution < -0.4 is 16.0 Å². The van der Waals surface area contributed by atoms with Gasteiger partial charge >= 0.3 is 0 Å². The lowest BCUT2D eigenvalue weighted by molar-refractivity contribution is 0.213. The van der Waals surface area contributed by atoms with Crippen molar-refractivity contribution in [3.8, 4) is 5.75 Å². The SMILES string of the molecule is COc1cccc(CC(NN)C2CSCCN2C)c1F. The fourth-order valence-electron chi connectivity index (χ4n) is 2.54. The van der Waals surface area contributed by atoms with Crippen LogP contribution in [0.4, 0.5) is 4.39 Å². The number of nitrogens with two attached hydrogens (primary N) is 1. The van der Waals surface area contributed by atoms with Crippen LogP contribution in [0, 0.1) is 5.82 Å². The summed E-state index contributed by atoms with van der Waals surface area (Å²) in [6, 6.07) is 5.56. The molecule has 1 aliphatic rings. The van der Waals surface area contributed by atoms with Crippen molar-refractivity contribution < 1.29 is 9.13 Å². The highest BCUT2D eigenvalue weighted by Gasteiger charge is 2.28. The molecule has 6 heteroatoms. The van der Waals surface area contributed by atoms with Gasteiger partial charge < -0.3 is 9.64 Å². The Morgan fingerprint density at radius 2 is 2.40 bits per heavy atom. The monoisotopic (exact) mass is 299 g/mol. The van der Waals surface area contributed by atoms with Crippen molar-refractivity contribution in [2.75, 3.05) is 32.2 Å². The summed E-state index contributed by atoms with van der Waals surface area (Å²) in [5.74, 6) is 7.83. The lowest BCUT2D eigenvalue weighted by Gasteiger charge is -2.37. The molecule has 4 nitrogen and oxygen atoms in total. The first-order chi connectivity index (χ1) is 9.67. The van der Waals surface area contributed by atoms with E-state index in [1.54, 1.807) is 12.1 Å². The molecule has 1 aromatic carbocycles. The van der Waals surface area contributed by atoms with Gasteiger partial charge in [-0.2, -0.15) is 11.8 Å². The molecule has 2 unspecified atom stereocenters. The largest absolute Gasteiger partial charge is 0.494 e. The summed E-state index contributed by atoms with van der Waals surface area (Å²) in [6.45, 7) is 1.04. The molecule has 1 fully saturated rings. The number of ether oxygens (including phenoxy) is 1. The van der Waals surface area contributed by atoms with E-state index < -0.39 is 0 Å². The Hall–Kier alpha value is -0.820. The number of hydrogen-bond donors (Lipinski definition) is 2. The number of likely N-dealkylation sites (N-methyl/N-ethyl adjacent to an activating group) is 1. The van der Waals surface area contributed by atoms with Gasteiger partial charge in [-0.05, 0) is 25.1 Å². The molecular formula is C14H22FN3OS. The molecule has 0 aromatic heterocycles. The quantitative estimate of drug-likeness (QED) is 0.633. The Morgan fingerprint density at radius 3 is 3.05 bits per heavy atom. The summed E-state index contributed by atoms with van der Waals surface area (Å²) in [6.07, 6.45) is 0.551. The number of hydrogen-bond acceptors (Lipinski definition) is 5. The fourth-order valence-corrected chi connectivity index (χ4v) is 3.86. The maximum atomic E-state index is 14.2. The van der Waals surface area contributed by atoms with Gasteiger partial charge in [0, 0.05) is 30.1 Å². The van der Waals surface area contributed by atoms with Crippen LogP contribution >= 0.6 is 11.8 Å². The molecule has 1 aromatic rings. The number of halogens is 1. The van der Waals surface area contributed by atoms with Crippen LogP contribution in [-0.2, 0) is 6.42 Å². The summed E-state index contributed by atoms with van der Waals surface area (Å²) in [5, 5.41) is 0. The zero-order valence-electron chi connectivity index (χ0n) is 11.9. The first kappa shape index (κ1) is 15.6. The van der Waals surface area contributed by atoms with E-state index in [1.165, 1.54) is 7.11 Å². The molecule has 0 aliphatic carbocycles. The summed E-state index contributed by atoms with van der Waals surface area (Å²) in [4.78, 5) is 2.29. The minimum atomic E-state index is -0.290. The average molecular weight is 299 g/mol. The Labute approximate surface area is 123 Å². The van der Waals surface area contributed by atoms with Crippen molar-refractivity contribution >= 4 is 11.8 Å². The highest BCUT2D eigenvalue weighted by atomic mass is 32.2. The Morgan fingerprint density at radius 1 is 1.60 bits per heavy atom. The van der Waals surface area contributed by atoms with E-state index in [2.05, 4.69) is 17.4 Å². The van der Waals surface area contributed by atoms with Gasteiger partial charge in [0.05, 0.1) is 7.11 Å². The number of hydrazine groups is 1. The molecule has 2 rings (SSSR count). The van der Waals surface area contributed by atoms with Crippen molar-refractivity contribution in [2.45, 2.75) is 18.5 Å². The molecule has 1 heterocycles. The maximum Gasteiger partial charge on any atom is 0.168 e. The van der Waals surface area contributed by atoms with Gasteiger partial charge in [0.2, 0.25) is 0 Å². The van der Waals surface area contributed by atoms with Gasteiger partial charge in [-0.3, -0.25) is 11.3 Å².